The van der Waals surface area contributed by atoms with Crippen LogP contribution in [0.1, 0.15) is 28.8 Å². The molecule has 0 bridgehead atoms. The summed E-state index contributed by atoms with van der Waals surface area (Å²) in [6.07, 6.45) is 1.17. The highest BCUT2D eigenvalue weighted by Gasteiger charge is 2.29. The number of hydrogen-bond donors (Lipinski definition) is 0. The van der Waals surface area contributed by atoms with Gasteiger partial charge in [-0.05, 0) is 18.1 Å². The van der Waals surface area contributed by atoms with E-state index in [0.29, 0.717) is 24.9 Å². The van der Waals surface area contributed by atoms with Crippen molar-refractivity contribution in [3.05, 3.63) is 35.4 Å². The van der Waals surface area contributed by atoms with Crippen molar-refractivity contribution >= 4 is 11.8 Å². The second-order valence-corrected chi connectivity index (χ2v) is 3.95. The minimum Gasteiger partial charge on any atom is -0.278 e. The Morgan fingerprint density at radius 1 is 1.29 bits per heavy atom. The standard InChI is InChI=1S/C13H12N2O2/c14-7-3-4-8-15-12(16)9-10-5-1-2-6-11(10)13(15)17/h1-2,5-6H,3-4,8-9H2. The molecule has 0 radical (unpaired) electrons. The zero-order chi connectivity index (χ0) is 12.3. The van der Waals surface area contributed by atoms with Crippen molar-refractivity contribution in [3.8, 4) is 6.07 Å². The van der Waals surface area contributed by atoms with Gasteiger partial charge in [-0.25, -0.2) is 0 Å². The molecule has 0 fully saturated rings. The lowest BCUT2D eigenvalue weighted by molar-refractivity contribution is -0.128. The molecule has 1 aliphatic rings. The average molecular weight is 228 g/mol. The van der Waals surface area contributed by atoms with Gasteiger partial charge in [0.1, 0.15) is 0 Å². The molecule has 17 heavy (non-hydrogen) atoms. The quantitative estimate of drug-likeness (QED) is 0.582. The molecule has 0 unspecified atom stereocenters. The molecule has 0 atom stereocenters. The van der Waals surface area contributed by atoms with Gasteiger partial charge in [0.25, 0.3) is 5.91 Å². The molecule has 0 aromatic heterocycles. The molecule has 0 spiro atoms. The Labute approximate surface area is 99.5 Å². The number of benzene rings is 1. The fourth-order valence-corrected chi connectivity index (χ4v) is 1.94. The van der Waals surface area contributed by atoms with Crippen LogP contribution in [0.5, 0.6) is 0 Å². The molecule has 0 saturated carbocycles. The SMILES string of the molecule is N#CCCCN1C(=O)Cc2ccccc2C1=O. The number of fused-ring (bicyclic) bond motifs is 1. The van der Waals surface area contributed by atoms with Crippen LogP contribution in [0.3, 0.4) is 0 Å². The van der Waals surface area contributed by atoms with Gasteiger partial charge in [0.15, 0.2) is 0 Å². The van der Waals surface area contributed by atoms with Crippen molar-refractivity contribution in [1.29, 1.82) is 5.26 Å². The first-order valence-electron chi connectivity index (χ1n) is 5.53. The first kappa shape index (κ1) is 11.3. The minimum absolute atomic E-state index is 0.174. The van der Waals surface area contributed by atoms with E-state index in [1.165, 1.54) is 4.90 Å². The molecule has 1 aliphatic heterocycles. The first-order valence-corrected chi connectivity index (χ1v) is 5.53. The molecular weight excluding hydrogens is 216 g/mol. The van der Waals surface area contributed by atoms with Crippen LogP contribution in [0.25, 0.3) is 0 Å². The maximum absolute atomic E-state index is 12.0. The highest BCUT2D eigenvalue weighted by molar-refractivity contribution is 6.09. The number of imide groups is 1. The fourth-order valence-electron chi connectivity index (χ4n) is 1.94. The molecule has 0 saturated heterocycles. The van der Waals surface area contributed by atoms with E-state index in [2.05, 4.69) is 0 Å². The Bertz CT molecular complexity index is 502. The summed E-state index contributed by atoms with van der Waals surface area (Å²) in [5.41, 5.74) is 1.39. The molecular formula is C13H12N2O2. The van der Waals surface area contributed by atoms with Gasteiger partial charge < -0.3 is 0 Å². The van der Waals surface area contributed by atoms with Gasteiger partial charge in [0.2, 0.25) is 5.91 Å². The summed E-state index contributed by atoms with van der Waals surface area (Å²) in [6.45, 7) is 0.333. The van der Waals surface area contributed by atoms with Crippen LogP contribution in [-0.4, -0.2) is 23.3 Å². The Kier molecular flexibility index (Phi) is 3.20. The monoisotopic (exact) mass is 228 g/mol. The number of amides is 2. The number of hydrogen-bond acceptors (Lipinski definition) is 3. The maximum atomic E-state index is 12.0. The van der Waals surface area contributed by atoms with Crippen LogP contribution in [0.4, 0.5) is 0 Å². The van der Waals surface area contributed by atoms with Crippen LogP contribution in [-0.2, 0) is 11.2 Å². The largest absolute Gasteiger partial charge is 0.278 e. The summed E-state index contributed by atoms with van der Waals surface area (Å²) in [5, 5.41) is 8.45. The minimum atomic E-state index is -0.241. The fraction of sp³-hybridized carbons (Fsp3) is 0.308. The third-order valence-corrected chi connectivity index (χ3v) is 2.81. The van der Waals surface area contributed by atoms with Gasteiger partial charge in [0.05, 0.1) is 12.5 Å². The summed E-state index contributed by atoms with van der Waals surface area (Å²) in [5.74, 6) is -0.415. The first-order chi connectivity index (χ1) is 8.24. The maximum Gasteiger partial charge on any atom is 0.260 e. The Hall–Kier alpha value is -2.15. The van der Waals surface area contributed by atoms with Gasteiger partial charge in [-0.1, -0.05) is 18.2 Å². The van der Waals surface area contributed by atoms with E-state index in [1.54, 1.807) is 18.2 Å². The Morgan fingerprint density at radius 3 is 2.82 bits per heavy atom. The number of unbranched alkanes of at least 4 members (excludes halogenated alkanes) is 1. The summed E-state index contributed by atoms with van der Waals surface area (Å²) in [7, 11) is 0. The van der Waals surface area contributed by atoms with Crippen LogP contribution >= 0.6 is 0 Å². The van der Waals surface area contributed by atoms with Gasteiger partial charge in [0, 0.05) is 18.5 Å². The van der Waals surface area contributed by atoms with Crippen molar-refractivity contribution < 1.29 is 9.59 Å². The zero-order valence-corrected chi connectivity index (χ0v) is 9.35. The number of nitriles is 1. The molecule has 0 aliphatic carbocycles. The molecule has 2 rings (SSSR count). The molecule has 0 N–H and O–H groups in total. The number of nitrogens with zero attached hydrogens (tertiary/aromatic N) is 2. The molecule has 1 aromatic carbocycles. The van der Waals surface area contributed by atoms with E-state index >= 15 is 0 Å². The van der Waals surface area contributed by atoms with Crippen molar-refractivity contribution in [1.82, 2.24) is 4.90 Å². The van der Waals surface area contributed by atoms with Crippen molar-refractivity contribution in [2.45, 2.75) is 19.3 Å². The second kappa shape index (κ2) is 4.79. The lowest BCUT2D eigenvalue weighted by Crippen LogP contribution is -2.42. The highest BCUT2D eigenvalue weighted by Crippen LogP contribution is 2.19. The predicted molar refractivity (Wildman–Crippen MR) is 61.0 cm³/mol. The lowest BCUT2D eigenvalue weighted by Gasteiger charge is -2.26. The topological polar surface area (TPSA) is 61.2 Å². The van der Waals surface area contributed by atoms with Crippen molar-refractivity contribution in [2.75, 3.05) is 6.54 Å². The zero-order valence-electron chi connectivity index (χ0n) is 9.35. The number of rotatable bonds is 3. The van der Waals surface area contributed by atoms with Gasteiger partial charge in [-0.3, -0.25) is 14.5 Å². The second-order valence-electron chi connectivity index (χ2n) is 3.95. The van der Waals surface area contributed by atoms with Crippen LogP contribution in [0.15, 0.2) is 24.3 Å². The number of carbonyl (C=O) groups is 2. The number of carbonyl (C=O) groups excluding carboxylic acids is 2. The third-order valence-electron chi connectivity index (χ3n) is 2.81. The van der Waals surface area contributed by atoms with Crippen molar-refractivity contribution in [3.63, 3.8) is 0 Å². The van der Waals surface area contributed by atoms with E-state index in [4.69, 9.17) is 5.26 Å². The summed E-state index contributed by atoms with van der Waals surface area (Å²) in [4.78, 5) is 25.1. The normalized spacial score (nSPS) is 14.4. The molecule has 86 valence electrons. The summed E-state index contributed by atoms with van der Waals surface area (Å²) >= 11 is 0. The van der Waals surface area contributed by atoms with Gasteiger partial charge >= 0.3 is 0 Å². The van der Waals surface area contributed by atoms with E-state index in [1.807, 2.05) is 12.1 Å². The molecule has 1 heterocycles. The molecule has 4 heteroatoms. The summed E-state index contributed by atoms with van der Waals surface area (Å²) < 4.78 is 0. The van der Waals surface area contributed by atoms with E-state index in [9.17, 15) is 9.59 Å². The van der Waals surface area contributed by atoms with E-state index in [0.717, 1.165) is 5.56 Å². The lowest BCUT2D eigenvalue weighted by atomic mass is 9.98. The molecule has 4 nitrogen and oxygen atoms in total. The highest BCUT2D eigenvalue weighted by atomic mass is 16.2. The van der Waals surface area contributed by atoms with Crippen LogP contribution in [0, 0.1) is 11.3 Å². The van der Waals surface area contributed by atoms with Crippen LogP contribution < -0.4 is 0 Å². The smallest absolute Gasteiger partial charge is 0.260 e. The molecule has 2 amide bonds. The predicted octanol–water partition coefficient (Wildman–Crippen LogP) is 1.52. The average Bonchev–Trinajstić information content (AvgIpc) is 2.33. The summed E-state index contributed by atoms with van der Waals surface area (Å²) in [6, 6.07) is 9.16. The molecule has 1 aromatic rings. The Morgan fingerprint density at radius 2 is 2.06 bits per heavy atom. The third kappa shape index (κ3) is 2.18. The van der Waals surface area contributed by atoms with E-state index < -0.39 is 0 Å². The van der Waals surface area contributed by atoms with Crippen molar-refractivity contribution in [2.24, 2.45) is 0 Å². The van der Waals surface area contributed by atoms with Gasteiger partial charge in [-0.15, -0.1) is 0 Å². The Balaban J connectivity index is 2.19. The van der Waals surface area contributed by atoms with Gasteiger partial charge in [-0.2, -0.15) is 5.26 Å². The van der Waals surface area contributed by atoms with Crippen LogP contribution in [0.2, 0.25) is 0 Å². The van der Waals surface area contributed by atoms with E-state index in [-0.39, 0.29) is 18.2 Å².